The molecule has 0 aromatic carbocycles. The molecule has 0 aliphatic rings. The minimum Gasteiger partial charge on any atom is -0.346 e. The average Bonchev–Trinajstić information content (AvgIpc) is 2.86. The van der Waals surface area contributed by atoms with Crippen molar-refractivity contribution in [3.05, 3.63) is 36.9 Å². The lowest BCUT2D eigenvalue weighted by Crippen LogP contribution is -2.21. The lowest BCUT2D eigenvalue weighted by Gasteiger charge is -1.99. The Morgan fingerprint density at radius 1 is 1.62 bits per heavy atom. The summed E-state index contributed by atoms with van der Waals surface area (Å²) in [5.74, 6) is -0.0493. The fourth-order valence-corrected chi connectivity index (χ4v) is 3.16. The van der Waals surface area contributed by atoms with Gasteiger partial charge in [-0.2, -0.15) is 0 Å². The first-order valence-corrected chi connectivity index (χ1v) is 7.13. The second-order valence-corrected chi connectivity index (χ2v) is 6.32. The van der Waals surface area contributed by atoms with Crippen molar-refractivity contribution < 1.29 is 4.79 Å². The van der Waals surface area contributed by atoms with Crippen molar-refractivity contribution in [3.63, 3.8) is 0 Å². The number of rotatable bonds is 3. The summed E-state index contributed by atoms with van der Waals surface area (Å²) in [7, 11) is 0. The van der Waals surface area contributed by atoms with Gasteiger partial charge < -0.3 is 5.32 Å². The third-order valence-electron chi connectivity index (χ3n) is 1.99. The van der Waals surface area contributed by atoms with Crippen molar-refractivity contribution in [2.24, 2.45) is 0 Å². The molecule has 2 rings (SSSR count). The van der Waals surface area contributed by atoms with Crippen molar-refractivity contribution in [1.29, 1.82) is 0 Å². The maximum absolute atomic E-state index is 11.8. The number of nitrogens with zero attached hydrogens (tertiary/aromatic N) is 1. The SMILES string of the molecule is Cc1cc(C(=O)NCc2cscn2)sc1Br. The van der Waals surface area contributed by atoms with Gasteiger partial charge in [0.05, 0.1) is 26.4 Å². The zero-order valence-corrected chi connectivity index (χ0v) is 11.7. The van der Waals surface area contributed by atoms with Gasteiger partial charge in [-0.3, -0.25) is 4.79 Å². The predicted octanol–water partition coefficient (Wildman–Crippen LogP) is 3.21. The van der Waals surface area contributed by atoms with Gasteiger partial charge in [-0.1, -0.05) is 0 Å². The Morgan fingerprint density at radius 2 is 2.44 bits per heavy atom. The number of thiazole rings is 1. The molecule has 0 aliphatic heterocycles. The van der Waals surface area contributed by atoms with Gasteiger partial charge in [-0.05, 0) is 34.5 Å². The van der Waals surface area contributed by atoms with Crippen molar-refractivity contribution in [2.75, 3.05) is 0 Å². The summed E-state index contributed by atoms with van der Waals surface area (Å²) in [5.41, 5.74) is 3.74. The highest BCUT2D eigenvalue weighted by atomic mass is 79.9. The highest BCUT2D eigenvalue weighted by Crippen LogP contribution is 2.27. The van der Waals surface area contributed by atoms with Gasteiger partial charge in [0.15, 0.2) is 0 Å². The van der Waals surface area contributed by atoms with Crippen LogP contribution in [0.2, 0.25) is 0 Å². The smallest absolute Gasteiger partial charge is 0.261 e. The lowest BCUT2D eigenvalue weighted by molar-refractivity contribution is 0.0954. The zero-order valence-electron chi connectivity index (χ0n) is 8.49. The van der Waals surface area contributed by atoms with Crippen LogP contribution in [0.25, 0.3) is 0 Å². The second kappa shape index (κ2) is 5.07. The number of nitrogens with one attached hydrogen (secondary N) is 1. The van der Waals surface area contributed by atoms with Crippen LogP contribution >= 0.6 is 38.6 Å². The summed E-state index contributed by atoms with van der Waals surface area (Å²) in [4.78, 5) is 16.6. The van der Waals surface area contributed by atoms with Crippen LogP contribution in [0.4, 0.5) is 0 Å². The molecule has 2 heterocycles. The van der Waals surface area contributed by atoms with E-state index >= 15 is 0 Å². The molecule has 0 fully saturated rings. The fourth-order valence-electron chi connectivity index (χ4n) is 1.15. The summed E-state index contributed by atoms with van der Waals surface area (Å²) >= 11 is 6.37. The van der Waals surface area contributed by atoms with Gasteiger partial charge in [-0.25, -0.2) is 4.98 Å². The quantitative estimate of drug-likeness (QED) is 0.944. The van der Waals surface area contributed by atoms with Crippen LogP contribution < -0.4 is 5.32 Å². The number of hydrogen-bond donors (Lipinski definition) is 1. The summed E-state index contributed by atoms with van der Waals surface area (Å²) in [6.45, 7) is 2.45. The van der Waals surface area contributed by atoms with Crippen LogP contribution in [0.1, 0.15) is 20.9 Å². The molecule has 0 unspecified atom stereocenters. The molecular formula is C10H9BrN2OS2. The first kappa shape index (κ1) is 11.8. The topological polar surface area (TPSA) is 42.0 Å². The van der Waals surface area contributed by atoms with Gasteiger partial charge in [0.25, 0.3) is 5.91 Å². The number of aryl methyl sites for hydroxylation is 1. The minimum atomic E-state index is -0.0493. The van der Waals surface area contributed by atoms with E-state index in [1.807, 2.05) is 18.4 Å². The molecule has 1 amide bonds. The Kier molecular flexibility index (Phi) is 3.73. The monoisotopic (exact) mass is 316 g/mol. The molecule has 6 heteroatoms. The van der Waals surface area contributed by atoms with Crippen LogP contribution in [0.15, 0.2) is 20.7 Å². The van der Waals surface area contributed by atoms with Crippen molar-refractivity contribution >= 4 is 44.5 Å². The van der Waals surface area contributed by atoms with E-state index in [2.05, 4.69) is 26.2 Å². The summed E-state index contributed by atoms with van der Waals surface area (Å²) in [6.07, 6.45) is 0. The molecule has 2 aromatic rings. The number of halogens is 1. The molecule has 0 atom stereocenters. The number of hydrogen-bond acceptors (Lipinski definition) is 4. The molecule has 0 aliphatic carbocycles. The molecule has 0 saturated heterocycles. The molecule has 0 bridgehead atoms. The van der Waals surface area contributed by atoms with Crippen LogP contribution in [-0.4, -0.2) is 10.9 Å². The first-order chi connectivity index (χ1) is 7.66. The molecule has 0 spiro atoms. The van der Waals surface area contributed by atoms with E-state index < -0.39 is 0 Å². The van der Waals surface area contributed by atoms with Gasteiger partial charge in [0.2, 0.25) is 0 Å². The number of aromatic nitrogens is 1. The van der Waals surface area contributed by atoms with Crippen LogP contribution in [0.3, 0.4) is 0 Å². The molecule has 0 saturated carbocycles. The normalized spacial score (nSPS) is 10.4. The first-order valence-electron chi connectivity index (χ1n) is 4.58. The minimum absolute atomic E-state index is 0.0493. The summed E-state index contributed by atoms with van der Waals surface area (Å²) in [6, 6.07) is 1.88. The summed E-state index contributed by atoms with van der Waals surface area (Å²) < 4.78 is 1.01. The third kappa shape index (κ3) is 2.69. The van der Waals surface area contributed by atoms with Crippen molar-refractivity contribution in [3.8, 4) is 0 Å². The van der Waals surface area contributed by atoms with E-state index in [0.717, 1.165) is 19.9 Å². The number of carbonyl (C=O) groups excluding carboxylic acids is 1. The van der Waals surface area contributed by atoms with E-state index in [4.69, 9.17) is 0 Å². The molecule has 3 nitrogen and oxygen atoms in total. The van der Waals surface area contributed by atoms with Crippen molar-refractivity contribution in [2.45, 2.75) is 13.5 Å². The Hall–Kier alpha value is -0.720. The van der Waals surface area contributed by atoms with E-state index in [9.17, 15) is 4.79 Å². The maximum atomic E-state index is 11.8. The number of thiophene rings is 1. The Bertz CT molecular complexity index is 473. The molecule has 16 heavy (non-hydrogen) atoms. The van der Waals surface area contributed by atoms with Crippen LogP contribution in [0, 0.1) is 6.92 Å². The van der Waals surface area contributed by atoms with E-state index in [-0.39, 0.29) is 5.91 Å². The van der Waals surface area contributed by atoms with E-state index in [1.54, 1.807) is 5.51 Å². The average molecular weight is 317 g/mol. The second-order valence-electron chi connectivity index (χ2n) is 3.23. The zero-order chi connectivity index (χ0) is 11.5. The molecule has 2 aromatic heterocycles. The molecule has 0 radical (unpaired) electrons. The van der Waals surface area contributed by atoms with Gasteiger partial charge in [0.1, 0.15) is 0 Å². The van der Waals surface area contributed by atoms with Gasteiger partial charge >= 0.3 is 0 Å². The van der Waals surface area contributed by atoms with Gasteiger partial charge in [0, 0.05) is 5.38 Å². The molecule has 1 N–H and O–H groups in total. The number of amides is 1. The maximum Gasteiger partial charge on any atom is 0.261 e. The summed E-state index contributed by atoms with van der Waals surface area (Å²) in [5, 5.41) is 4.76. The fraction of sp³-hybridized carbons (Fsp3) is 0.200. The van der Waals surface area contributed by atoms with E-state index in [0.29, 0.717) is 6.54 Å². The Morgan fingerprint density at radius 3 is 3.00 bits per heavy atom. The van der Waals surface area contributed by atoms with Crippen LogP contribution in [-0.2, 0) is 6.54 Å². The lowest BCUT2D eigenvalue weighted by atomic mass is 10.3. The van der Waals surface area contributed by atoms with Crippen LogP contribution in [0.5, 0.6) is 0 Å². The number of carbonyl (C=O) groups is 1. The molecular weight excluding hydrogens is 308 g/mol. The largest absolute Gasteiger partial charge is 0.346 e. The third-order valence-corrected chi connectivity index (χ3v) is 4.77. The highest BCUT2D eigenvalue weighted by Gasteiger charge is 2.10. The van der Waals surface area contributed by atoms with Crippen molar-refractivity contribution in [1.82, 2.24) is 10.3 Å². The molecule has 84 valence electrons. The highest BCUT2D eigenvalue weighted by molar-refractivity contribution is 9.11. The predicted molar refractivity (Wildman–Crippen MR) is 70.0 cm³/mol. The standard InChI is InChI=1S/C10H9BrN2OS2/c1-6-2-8(16-9(6)11)10(14)12-3-7-4-15-5-13-7/h2,4-5H,3H2,1H3,(H,12,14). The van der Waals surface area contributed by atoms with Gasteiger partial charge in [-0.15, -0.1) is 22.7 Å². The Balaban J connectivity index is 1.98. The Labute approximate surface area is 110 Å². The van der Waals surface area contributed by atoms with E-state index in [1.165, 1.54) is 22.7 Å².